The van der Waals surface area contributed by atoms with E-state index < -0.39 is 0 Å². The van der Waals surface area contributed by atoms with E-state index in [1.807, 2.05) is 17.9 Å². The first-order valence-corrected chi connectivity index (χ1v) is 7.40. The largest absolute Gasteiger partial charge is 0.322 e. The second kappa shape index (κ2) is 3.60. The molecule has 2 N–H and O–H groups in total. The third-order valence-electron chi connectivity index (χ3n) is 5.92. The molecule has 4 bridgehead atoms. The minimum Gasteiger partial charge on any atom is -0.322 e. The van der Waals surface area contributed by atoms with Crippen LogP contribution in [0.15, 0.2) is 12.3 Å². The van der Waals surface area contributed by atoms with Gasteiger partial charge in [0.25, 0.3) is 0 Å². The molecule has 3 heteroatoms. The first kappa shape index (κ1) is 11.0. The molecule has 18 heavy (non-hydrogen) atoms. The first-order valence-electron chi connectivity index (χ1n) is 7.40. The molecule has 0 aliphatic heterocycles. The molecule has 1 atom stereocenters. The van der Waals surface area contributed by atoms with Crippen molar-refractivity contribution in [1.29, 1.82) is 0 Å². The van der Waals surface area contributed by atoms with E-state index in [2.05, 4.69) is 11.2 Å². The maximum atomic E-state index is 6.68. The van der Waals surface area contributed by atoms with Gasteiger partial charge in [0.05, 0.1) is 11.7 Å². The van der Waals surface area contributed by atoms with Gasteiger partial charge < -0.3 is 5.73 Å². The molecule has 0 amide bonds. The zero-order valence-electron chi connectivity index (χ0n) is 11.2. The second-order valence-electron chi connectivity index (χ2n) is 7.14. The van der Waals surface area contributed by atoms with Crippen LogP contribution in [0, 0.1) is 23.2 Å². The number of nitrogens with zero attached hydrogens (tertiary/aromatic N) is 2. The van der Waals surface area contributed by atoms with Crippen LogP contribution in [0.4, 0.5) is 0 Å². The van der Waals surface area contributed by atoms with Crippen LogP contribution in [-0.2, 0) is 7.05 Å². The molecule has 4 saturated carbocycles. The molecule has 0 aromatic carbocycles. The van der Waals surface area contributed by atoms with E-state index in [-0.39, 0.29) is 6.04 Å². The average Bonchev–Trinajstić information content (AvgIpc) is 2.72. The van der Waals surface area contributed by atoms with Crippen molar-refractivity contribution in [2.75, 3.05) is 0 Å². The lowest BCUT2D eigenvalue weighted by Crippen LogP contribution is -2.51. The Balaban J connectivity index is 1.69. The molecular formula is C15H23N3. The summed E-state index contributed by atoms with van der Waals surface area (Å²) in [5, 5.41) is 4.30. The Morgan fingerprint density at radius 2 is 1.78 bits per heavy atom. The van der Waals surface area contributed by atoms with Crippen molar-refractivity contribution < 1.29 is 0 Å². The second-order valence-corrected chi connectivity index (χ2v) is 7.14. The molecule has 4 aliphatic rings. The number of hydrogen-bond donors (Lipinski definition) is 1. The third kappa shape index (κ3) is 1.43. The zero-order valence-corrected chi connectivity index (χ0v) is 11.2. The van der Waals surface area contributed by atoms with Crippen molar-refractivity contribution >= 4 is 0 Å². The number of aryl methyl sites for hydroxylation is 1. The van der Waals surface area contributed by atoms with E-state index in [1.165, 1.54) is 44.2 Å². The fourth-order valence-electron chi connectivity index (χ4n) is 5.56. The van der Waals surface area contributed by atoms with Crippen LogP contribution in [0.5, 0.6) is 0 Å². The van der Waals surface area contributed by atoms with Crippen LogP contribution in [-0.4, -0.2) is 9.78 Å². The van der Waals surface area contributed by atoms with Gasteiger partial charge in [0.15, 0.2) is 0 Å². The quantitative estimate of drug-likeness (QED) is 0.870. The molecule has 1 aromatic heterocycles. The normalized spacial score (nSPS) is 43.3. The SMILES string of the molecule is Cn1nccc1C(N)C12CC3CC(CC(C3)C1)C2. The third-order valence-corrected chi connectivity index (χ3v) is 5.92. The fourth-order valence-corrected chi connectivity index (χ4v) is 5.56. The topological polar surface area (TPSA) is 43.8 Å². The summed E-state index contributed by atoms with van der Waals surface area (Å²) < 4.78 is 1.98. The maximum Gasteiger partial charge on any atom is 0.0553 e. The maximum absolute atomic E-state index is 6.68. The fraction of sp³-hybridized carbons (Fsp3) is 0.800. The van der Waals surface area contributed by atoms with Crippen LogP contribution in [0.2, 0.25) is 0 Å². The summed E-state index contributed by atoms with van der Waals surface area (Å²) in [6.45, 7) is 0. The molecule has 98 valence electrons. The van der Waals surface area contributed by atoms with Gasteiger partial charge in [-0.25, -0.2) is 0 Å². The number of hydrogen-bond acceptors (Lipinski definition) is 2. The van der Waals surface area contributed by atoms with Crippen molar-refractivity contribution in [1.82, 2.24) is 9.78 Å². The number of rotatable bonds is 2. The smallest absolute Gasteiger partial charge is 0.0553 e. The van der Waals surface area contributed by atoms with Gasteiger partial charge in [-0.2, -0.15) is 5.10 Å². The minimum absolute atomic E-state index is 0.193. The van der Waals surface area contributed by atoms with E-state index in [4.69, 9.17) is 5.73 Å². The summed E-state index contributed by atoms with van der Waals surface area (Å²) in [6, 6.07) is 2.31. The van der Waals surface area contributed by atoms with Crippen LogP contribution in [0.1, 0.15) is 50.3 Å². The molecule has 1 aromatic rings. The van der Waals surface area contributed by atoms with Crippen LogP contribution < -0.4 is 5.73 Å². The lowest BCUT2D eigenvalue weighted by molar-refractivity contribution is -0.0689. The number of nitrogens with two attached hydrogens (primary N) is 1. The van der Waals surface area contributed by atoms with E-state index >= 15 is 0 Å². The Hall–Kier alpha value is -0.830. The highest BCUT2D eigenvalue weighted by Gasteiger charge is 2.54. The van der Waals surface area contributed by atoms with E-state index in [0.29, 0.717) is 5.41 Å². The Kier molecular flexibility index (Phi) is 2.20. The van der Waals surface area contributed by atoms with Gasteiger partial charge in [-0.3, -0.25) is 4.68 Å². The standard InChI is InChI=1S/C15H23N3/c1-18-13(2-3-17-18)14(16)15-7-10-4-11(8-15)6-12(5-10)9-15/h2-3,10-12,14H,4-9,16H2,1H3. The molecule has 4 aliphatic carbocycles. The highest BCUT2D eigenvalue weighted by Crippen LogP contribution is 2.63. The molecule has 0 spiro atoms. The Labute approximate surface area is 109 Å². The molecule has 1 heterocycles. The Morgan fingerprint density at radius 3 is 2.22 bits per heavy atom. The zero-order chi connectivity index (χ0) is 12.3. The molecule has 0 radical (unpaired) electrons. The molecular weight excluding hydrogens is 222 g/mol. The van der Waals surface area contributed by atoms with Crippen LogP contribution in [0.3, 0.4) is 0 Å². The highest BCUT2D eigenvalue weighted by molar-refractivity contribution is 5.15. The lowest BCUT2D eigenvalue weighted by Gasteiger charge is -2.58. The molecule has 1 unspecified atom stereocenters. The van der Waals surface area contributed by atoms with Gasteiger partial charge in [0, 0.05) is 13.2 Å². The van der Waals surface area contributed by atoms with Gasteiger partial charge in [0.2, 0.25) is 0 Å². The van der Waals surface area contributed by atoms with Crippen molar-refractivity contribution in [3.05, 3.63) is 18.0 Å². The van der Waals surface area contributed by atoms with E-state index in [9.17, 15) is 0 Å². The average molecular weight is 245 g/mol. The molecule has 3 nitrogen and oxygen atoms in total. The number of aromatic nitrogens is 2. The summed E-state index contributed by atoms with van der Waals surface area (Å²) in [6.07, 6.45) is 10.4. The summed E-state index contributed by atoms with van der Waals surface area (Å²) in [5.74, 6) is 2.90. The summed E-state index contributed by atoms with van der Waals surface area (Å²) >= 11 is 0. The highest BCUT2D eigenvalue weighted by atomic mass is 15.3. The van der Waals surface area contributed by atoms with Gasteiger partial charge in [-0.15, -0.1) is 0 Å². The van der Waals surface area contributed by atoms with Crippen molar-refractivity contribution in [2.45, 2.75) is 44.6 Å². The molecule has 4 fully saturated rings. The first-order chi connectivity index (χ1) is 8.66. The lowest BCUT2D eigenvalue weighted by atomic mass is 9.47. The monoisotopic (exact) mass is 245 g/mol. The van der Waals surface area contributed by atoms with Gasteiger partial charge in [-0.1, -0.05) is 0 Å². The van der Waals surface area contributed by atoms with Gasteiger partial charge in [-0.05, 0) is 67.8 Å². The molecule has 5 rings (SSSR count). The Morgan fingerprint density at radius 1 is 1.22 bits per heavy atom. The Bertz CT molecular complexity index is 427. The van der Waals surface area contributed by atoms with Gasteiger partial charge >= 0.3 is 0 Å². The summed E-state index contributed by atoms with van der Waals surface area (Å²) in [4.78, 5) is 0. The minimum atomic E-state index is 0.193. The van der Waals surface area contributed by atoms with Gasteiger partial charge in [0.1, 0.15) is 0 Å². The van der Waals surface area contributed by atoms with E-state index in [1.54, 1.807) is 0 Å². The predicted molar refractivity (Wildman–Crippen MR) is 70.7 cm³/mol. The molecule has 0 saturated heterocycles. The summed E-state index contributed by atoms with van der Waals surface area (Å²) in [5.41, 5.74) is 8.30. The predicted octanol–water partition coefficient (Wildman–Crippen LogP) is 2.64. The van der Waals surface area contributed by atoms with Crippen molar-refractivity contribution in [3.8, 4) is 0 Å². The van der Waals surface area contributed by atoms with Crippen LogP contribution >= 0.6 is 0 Å². The summed E-state index contributed by atoms with van der Waals surface area (Å²) in [7, 11) is 2.02. The van der Waals surface area contributed by atoms with Crippen LogP contribution in [0.25, 0.3) is 0 Å². The van der Waals surface area contributed by atoms with E-state index in [0.717, 1.165) is 17.8 Å². The van der Waals surface area contributed by atoms with Crippen molar-refractivity contribution in [2.24, 2.45) is 36.0 Å². The van der Waals surface area contributed by atoms with Crippen molar-refractivity contribution in [3.63, 3.8) is 0 Å².